The predicted octanol–water partition coefficient (Wildman–Crippen LogP) is 2.68. The van der Waals surface area contributed by atoms with Crippen molar-refractivity contribution in [3.63, 3.8) is 0 Å². The normalized spacial score (nSPS) is 13.3. The van der Waals surface area contributed by atoms with Crippen LogP contribution >= 0.6 is 11.3 Å². The standard InChI is InChI=1S/C16H29NO3S/c1-13(2)20-12-15(18)10-17(8-5-9-19-4)11-16-7-6-14(3)21-16/h6-7,13,15,18H,5,8-12H2,1-4H3. The van der Waals surface area contributed by atoms with Crippen LogP contribution in [0.5, 0.6) is 0 Å². The molecular formula is C16H29NO3S. The second-order valence-electron chi connectivity index (χ2n) is 5.63. The van der Waals surface area contributed by atoms with E-state index < -0.39 is 6.10 Å². The van der Waals surface area contributed by atoms with Crippen LogP contribution in [0.15, 0.2) is 12.1 Å². The smallest absolute Gasteiger partial charge is 0.0900 e. The van der Waals surface area contributed by atoms with Crippen molar-refractivity contribution in [3.8, 4) is 0 Å². The number of ether oxygens (including phenoxy) is 2. The fraction of sp³-hybridized carbons (Fsp3) is 0.750. The third-order valence-corrected chi connectivity index (χ3v) is 4.07. The van der Waals surface area contributed by atoms with Gasteiger partial charge in [0.15, 0.2) is 0 Å². The first kappa shape index (κ1) is 18.6. The minimum absolute atomic E-state index is 0.154. The van der Waals surface area contributed by atoms with Crippen LogP contribution in [0.2, 0.25) is 0 Å². The molecule has 0 aliphatic carbocycles. The van der Waals surface area contributed by atoms with Crippen LogP contribution in [-0.2, 0) is 16.0 Å². The Morgan fingerprint density at radius 2 is 2.10 bits per heavy atom. The number of rotatable bonds is 11. The summed E-state index contributed by atoms with van der Waals surface area (Å²) < 4.78 is 10.6. The highest BCUT2D eigenvalue weighted by Gasteiger charge is 2.14. The molecule has 1 aromatic heterocycles. The van der Waals surface area contributed by atoms with Gasteiger partial charge in [-0.3, -0.25) is 4.90 Å². The van der Waals surface area contributed by atoms with Gasteiger partial charge in [0.2, 0.25) is 0 Å². The number of thiophene rings is 1. The fourth-order valence-corrected chi connectivity index (χ4v) is 3.05. The number of aliphatic hydroxyl groups is 1. The molecule has 1 atom stereocenters. The minimum atomic E-state index is -0.448. The molecule has 0 bridgehead atoms. The lowest BCUT2D eigenvalue weighted by molar-refractivity contribution is -0.0102. The van der Waals surface area contributed by atoms with Gasteiger partial charge in [0.25, 0.3) is 0 Å². The molecule has 1 aromatic rings. The van der Waals surface area contributed by atoms with Crippen molar-refractivity contribution in [1.82, 2.24) is 4.90 Å². The second kappa shape index (κ2) is 10.3. The molecule has 0 radical (unpaired) electrons. The Hall–Kier alpha value is -0.460. The third-order valence-electron chi connectivity index (χ3n) is 3.09. The first-order valence-corrected chi connectivity index (χ1v) is 8.39. The second-order valence-corrected chi connectivity index (χ2v) is 7.00. The zero-order valence-electron chi connectivity index (χ0n) is 13.7. The van der Waals surface area contributed by atoms with Crippen LogP contribution in [-0.4, -0.2) is 55.6 Å². The zero-order valence-corrected chi connectivity index (χ0v) is 14.5. The summed E-state index contributed by atoms with van der Waals surface area (Å²) in [4.78, 5) is 4.94. The maximum absolute atomic E-state index is 10.1. The Bertz CT molecular complexity index is 381. The summed E-state index contributed by atoms with van der Waals surface area (Å²) in [5.74, 6) is 0. The predicted molar refractivity (Wildman–Crippen MR) is 87.9 cm³/mol. The first-order valence-electron chi connectivity index (χ1n) is 7.57. The molecular weight excluding hydrogens is 286 g/mol. The molecule has 4 nitrogen and oxygen atoms in total. The van der Waals surface area contributed by atoms with E-state index in [9.17, 15) is 5.11 Å². The monoisotopic (exact) mass is 315 g/mol. The molecule has 1 unspecified atom stereocenters. The number of nitrogens with zero attached hydrogens (tertiary/aromatic N) is 1. The quantitative estimate of drug-likeness (QED) is 0.638. The van der Waals surface area contributed by atoms with E-state index in [0.29, 0.717) is 13.2 Å². The number of hydrogen-bond donors (Lipinski definition) is 1. The van der Waals surface area contributed by atoms with Gasteiger partial charge in [-0.05, 0) is 39.3 Å². The van der Waals surface area contributed by atoms with Crippen LogP contribution in [0.1, 0.15) is 30.0 Å². The molecule has 1 rings (SSSR count). The van der Waals surface area contributed by atoms with Crippen LogP contribution in [0, 0.1) is 6.92 Å². The molecule has 21 heavy (non-hydrogen) atoms. The van der Waals surface area contributed by atoms with Gasteiger partial charge in [-0.1, -0.05) is 0 Å². The SMILES string of the molecule is COCCCN(Cc1ccc(C)s1)CC(O)COC(C)C. The minimum Gasteiger partial charge on any atom is -0.389 e. The number of methoxy groups -OCH3 is 1. The summed E-state index contributed by atoms with van der Waals surface area (Å²) in [5, 5.41) is 10.1. The first-order chi connectivity index (χ1) is 10.0. The summed E-state index contributed by atoms with van der Waals surface area (Å²) in [6, 6.07) is 4.31. The van der Waals surface area contributed by atoms with Crippen molar-refractivity contribution in [2.75, 3.05) is 33.4 Å². The van der Waals surface area contributed by atoms with E-state index in [0.717, 1.165) is 26.1 Å². The Morgan fingerprint density at radius 1 is 1.33 bits per heavy atom. The molecule has 122 valence electrons. The molecule has 1 N–H and O–H groups in total. The molecule has 0 saturated heterocycles. The van der Waals surface area contributed by atoms with E-state index in [2.05, 4.69) is 24.0 Å². The van der Waals surface area contributed by atoms with Gasteiger partial charge in [-0.15, -0.1) is 11.3 Å². The highest BCUT2D eigenvalue weighted by atomic mass is 32.1. The van der Waals surface area contributed by atoms with E-state index in [1.807, 2.05) is 25.2 Å². The largest absolute Gasteiger partial charge is 0.389 e. The van der Waals surface area contributed by atoms with E-state index >= 15 is 0 Å². The van der Waals surface area contributed by atoms with Crippen molar-refractivity contribution in [3.05, 3.63) is 21.9 Å². The molecule has 0 aromatic carbocycles. The average molecular weight is 315 g/mol. The molecule has 0 amide bonds. The van der Waals surface area contributed by atoms with Gasteiger partial charge in [0.1, 0.15) is 0 Å². The van der Waals surface area contributed by atoms with E-state index in [4.69, 9.17) is 9.47 Å². The summed E-state index contributed by atoms with van der Waals surface area (Å²) in [6.45, 7) is 9.65. The Labute approximate surface area is 132 Å². The van der Waals surface area contributed by atoms with Gasteiger partial charge < -0.3 is 14.6 Å². The van der Waals surface area contributed by atoms with E-state index in [1.165, 1.54) is 9.75 Å². The van der Waals surface area contributed by atoms with Gasteiger partial charge in [-0.25, -0.2) is 0 Å². The summed E-state index contributed by atoms with van der Waals surface area (Å²) in [6.07, 6.45) is 0.677. The van der Waals surface area contributed by atoms with Crippen molar-refractivity contribution in [2.24, 2.45) is 0 Å². The maximum atomic E-state index is 10.1. The van der Waals surface area contributed by atoms with Crippen LogP contribution < -0.4 is 0 Å². The molecule has 0 spiro atoms. The Morgan fingerprint density at radius 3 is 2.67 bits per heavy atom. The van der Waals surface area contributed by atoms with Gasteiger partial charge >= 0.3 is 0 Å². The number of aliphatic hydroxyl groups excluding tert-OH is 1. The third kappa shape index (κ3) is 8.53. The van der Waals surface area contributed by atoms with Crippen LogP contribution in [0.4, 0.5) is 0 Å². The average Bonchev–Trinajstić information content (AvgIpc) is 2.82. The number of hydrogen-bond acceptors (Lipinski definition) is 5. The Kier molecular flexibility index (Phi) is 9.11. The van der Waals surface area contributed by atoms with E-state index in [-0.39, 0.29) is 6.10 Å². The van der Waals surface area contributed by atoms with Gasteiger partial charge in [-0.2, -0.15) is 0 Å². The lowest BCUT2D eigenvalue weighted by Gasteiger charge is -2.25. The summed E-state index contributed by atoms with van der Waals surface area (Å²) in [5.41, 5.74) is 0. The van der Waals surface area contributed by atoms with Crippen LogP contribution in [0.25, 0.3) is 0 Å². The van der Waals surface area contributed by atoms with Gasteiger partial charge in [0, 0.05) is 43.1 Å². The zero-order chi connectivity index (χ0) is 15.7. The highest BCUT2D eigenvalue weighted by Crippen LogP contribution is 2.17. The van der Waals surface area contributed by atoms with Crippen molar-refractivity contribution < 1.29 is 14.6 Å². The molecule has 5 heteroatoms. The molecule has 0 saturated carbocycles. The lowest BCUT2D eigenvalue weighted by atomic mass is 10.3. The summed E-state index contributed by atoms with van der Waals surface area (Å²) >= 11 is 1.81. The van der Waals surface area contributed by atoms with Gasteiger partial charge in [0.05, 0.1) is 18.8 Å². The van der Waals surface area contributed by atoms with Crippen molar-refractivity contribution >= 4 is 11.3 Å². The topological polar surface area (TPSA) is 41.9 Å². The highest BCUT2D eigenvalue weighted by molar-refractivity contribution is 7.11. The van der Waals surface area contributed by atoms with Crippen molar-refractivity contribution in [2.45, 2.75) is 45.9 Å². The number of aryl methyl sites for hydroxylation is 1. The van der Waals surface area contributed by atoms with Crippen molar-refractivity contribution in [1.29, 1.82) is 0 Å². The Balaban J connectivity index is 2.46. The molecule has 0 fully saturated rings. The summed E-state index contributed by atoms with van der Waals surface area (Å²) in [7, 11) is 1.72. The fourth-order valence-electron chi connectivity index (χ4n) is 2.11. The maximum Gasteiger partial charge on any atom is 0.0900 e. The van der Waals surface area contributed by atoms with Crippen LogP contribution in [0.3, 0.4) is 0 Å². The van der Waals surface area contributed by atoms with E-state index in [1.54, 1.807) is 7.11 Å². The molecule has 1 heterocycles. The lowest BCUT2D eigenvalue weighted by Crippen LogP contribution is -2.36. The molecule has 0 aliphatic rings. The molecule has 0 aliphatic heterocycles.